The third-order valence-corrected chi connectivity index (χ3v) is 6.62. The lowest BCUT2D eigenvalue weighted by Crippen LogP contribution is -2.42. The number of aryl methyl sites for hydroxylation is 2. The summed E-state index contributed by atoms with van der Waals surface area (Å²) in [5.41, 5.74) is 3.32. The predicted molar refractivity (Wildman–Crippen MR) is 134 cm³/mol. The summed E-state index contributed by atoms with van der Waals surface area (Å²) in [6, 6.07) is 12.5. The number of carbonyl (C=O) groups is 2. The van der Waals surface area contributed by atoms with E-state index in [9.17, 15) is 14.7 Å². The molecule has 1 atom stereocenters. The molecule has 2 aromatic rings. The van der Waals surface area contributed by atoms with Gasteiger partial charge < -0.3 is 19.5 Å². The first-order chi connectivity index (χ1) is 16.9. The number of aliphatic hydroxyl groups is 1. The highest BCUT2D eigenvalue weighted by Gasteiger charge is 2.46. The van der Waals surface area contributed by atoms with Crippen molar-refractivity contribution in [2.75, 3.05) is 46.0 Å². The Morgan fingerprint density at radius 2 is 1.77 bits per heavy atom. The van der Waals surface area contributed by atoms with Gasteiger partial charge in [-0.15, -0.1) is 0 Å². The number of carbonyl (C=O) groups excluding carboxylic acids is 2. The van der Waals surface area contributed by atoms with Gasteiger partial charge in [0.05, 0.1) is 31.4 Å². The van der Waals surface area contributed by atoms with Crippen LogP contribution in [0.4, 0.5) is 0 Å². The van der Waals surface area contributed by atoms with Crippen LogP contribution >= 0.6 is 0 Å². The average molecular weight is 479 g/mol. The van der Waals surface area contributed by atoms with Gasteiger partial charge in [-0.25, -0.2) is 0 Å². The molecule has 2 fully saturated rings. The third-order valence-electron chi connectivity index (χ3n) is 6.62. The molecule has 1 N–H and O–H groups in total. The number of hydrogen-bond donors (Lipinski definition) is 1. The second-order valence-corrected chi connectivity index (χ2v) is 9.18. The van der Waals surface area contributed by atoms with E-state index in [1.54, 1.807) is 17.0 Å². The van der Waals surface area contributed by atoms with E-state index in [4.69, 9.17) is 9.47 Å². The summed E-state index contributed by atoms with van der Waals surface area (Å²) in [6.45, 7) is 10.4. The molecular weight excluding hydrogens is 444 g/mol. The second-order valence-electron chi connectivity index (χ2n) is 9.18. The van der Waals surface area contributed by atoms with Gasteiger partial charge in [-0.2, -0.15) is 0 Å². The minimum atomic E-state index is -0.652. The quantitative estimate of drug-likeness (QED) is 0.353. The zero-order valence-corrected chi connectivity index (χ0v) is 20.8. The summed E-state index contributed by atoms with van der Waals surface area (Å²) >= 11 is 0. The Balaban J connectivity index is 1.71. The van der Waals surface area contributed by atoms with Crippen LogP contribution in [0.25, 0.3) is 5.76 Å². The molecule has 0 saturated carbocycles. The lowest BCUT2D eigenvalue weighted by Gasteiger charge is -2.31. The Hall–Kier alpha value is -3.16. The highest BCUT2D eigenvalue weighted by Crippen LogP contribution is 2.40. The van der Waals surface area contributed by atoms with Gasteiger partial charge >= 0.3 is 0 Å². The smallest absolute Gasteiger partial charge is 0.295 e. The minimum absolute atomic E-state index is 0.131. The molecule has 4 rings (SSSR count). The molecule has 1 amide bonds. The molecule has 2 aliphatic rings. The van der Waals surface area contributed by atoms with Crippen LogP contribution in [-0.4, -0.2) is 72.6 Å². The Kier molecular flexibility index (Phi) is 7.88. The molecule has 0 spiro atoms. The van der Waals surface area contributed by atoms with E-state index >= 15 is 0 Å². The first-order valence-electron chi connectivity index (χ1n) is 12.3. The van der Waals surface area contributed by atoms with Crippen LogP contribution in [0, 0.1) is 13.8 Å². The number of amides is 1. The SMILES string of the molecule is CCCOc1ccc(C(O)=C2C(=O)C(=O)N(CCN3CCOCC3)[C@H]2c2ccc(C)cc2)c(C)c1. The van der Waals surface area contributed by atoms with Gasteiger partial charge in [-0.1, -0.05) is 36.8 Å². The zero-order chi connectivity index (χ0) is 24.9. The van der Waals surface area contributed by atoms with Gasteiger partial charge in [0, 0.05) is 31.7 Å². The molecule has 7 heteroatoms. The number of Topliss-reactive ketones (excluding diaryl/α,β-unsaturated/α-hetero) is 1. The summed E-state index contributed by atoms with van der Waals surface area (Å²) in [4.78, 5) is 30.3. The van der Waals surface area contributed by atoms with Crippen molar-refractivity contribution in [1.82, 2.24) is 9.80 Å². The summed E-state index contributed by atoms with van der Waals surface area (Å²) in [6.07, 6.45) is 0.894. The van der Waals surface area contributed by atoms with Crippen molar-refractivity contribution < 1.29 is 24.2 Å². The second kappa shape index (κ2) is 11.1. The normalized spacial score (nSPS) is 20.4. The van der Waals surface area contributed by atoms with Crippen LogP contribution in [0.1, 0.15) is 41.6 Å². The molecule has 0 unspecified atom stereocenters. The van der Waals surface area contributed by atoms with E-state index in [0.717, 1.165) is 36.2 Å². The molecule has 2 aromatic carbocycles. The number of ether oxygens (including phenoxy) is 2. The van der Waals surface area contributed by atoms with Crippen LogP contribution in [-0.2, 0) is 14.3 Å². The molecule has 2 saturated heterocycles. The largest absolute Gasteiger partial charge is 0.507 e. The van der Waals surface area contributed by atoms with E-state index in [-0.39, 0.29) is 11.3 Å². The van der Waals surface area contributed by atoms with Crippen molar-refractivity contribution in [3.05, 3.63) is 70.3 Å². The van der Waals surface area contributed by atoms with Gasteiger partial charge in [0.25, 0.3) is 11.7 Å². The summed E-state index contributed by atoms with van der Waals surface area (Å²) in [5, 5.41) is 11.4. The van der Waals surface area contributed by atoms with E-state index < -0.39 is 17.7 Å². The molecule has 186 valence electrons. The Bertz CT molecular complexity index is 1100. The molecule has 2 aliphatic heterocycles. The number of nitrogens with zero attached hydrogens (tertiary/aromatic N) is 2. The number of morpholine rings is 1. The Labute approximate surface area is 206 Å². The zero-order valence-electron chi connectivity index (χ0n) is 20.8. The molecular formula is C28H34N2O5. The van der Waals surface area contributed by atoms with Crippen LogP contribution in [0.2, 0.25) is 0 Å². The predicted octanol–water partition coefficient (Wildman–Crippen LogP) is 3.85. The van der Waals surface area contributed by atoms with Crippen LogP contribution in [0.3, 0.4) is 0 Å². The third kappa shape index (κ3) is 5.41. The molecule has 0 radical (unpaired) electrons. The molecule has 0 bridgehead atoms. The molecule has 2 heterocycles. The topological polar surface area (TPSA) is 79.3 Å². The first-order valence-corrected chi connectivity index (χ1v) is 12.3. The van der Waals surface area contributed by atoms with Crippen LogP contribution in [0.15, 0.2) is 48.0 Å². The minimum Gasteiger partial charge on any atom is -0.507 e. The number of benzene rings is 2. The van der Waals surface area contributed by atoms with Gasteiger partial charge in [0.2, 0.25) is 0 Å². The maximum atomic E-state index is 13.3. The summed E-state index contributed by atoms with van der Waals surface area (Å²) < 4.78 is 11.1. The van der Waals surface area contributed by atoms with Crippen molar-refractivity contribution in [2.45, 2.75) is 33.2 Å². The van der Waals surface area contributed by atoms with E-state index in [1.807, 2.05) is 51.1 Å². The molecule has 0 aromatic heterocycles. The van der Waals surface area contributed by atoms with Gasteiger partial charge in [0.15, 0.2) is 0 Å². The fraction of sp³-hybridized carbons (Fsp3) is 0.429. The first kappa shape index (κ1) is 24.9. The summed E-state index contributed by atoms with van der Waals surface area (Å²) in [7, 11) is 0. The average Bonchev–Trinajstić information content (AvgIpc) is 3.12. The monoisotopic (exact) mass is 478 g/mol. The fourth-order valence-electron chi connectivity index (χ4n) is 4.64. The summed E-state index contributed by atoms with van der Waals surface area (Å²) in [5.74, 6) is -0.670. The number of rotatable bonds is 8. The highest BCUT2D eigenvalue weighted by molar-refractivity contribution is 6.46. The van der Waals surface area contributed by atoms with Crippen molar-refractivity contribution in [2.24, 2.45) is 0 Å². The Morgan fingerprint density at radius 3 is 2.43 bits per heavy atom. The molecule has 7 nitrogen and oxygen atoms in total. The van der Waals surface area contributed by atoms with E-state index in [0.29, 0.717) is 44.2 Å². The fourth-order valence-corrected chi connectivity index (χ4v) is 4.64. The number of hydrogen-bond acceptors (Lipinski definition) is 6. The lowest BCUT2D eigenvalue weighted by molar-refractivity contribution is -0.140. The highest BCUT2D eigenvalue weighted by atomic mass is 16.5. The molecule has 0 aliphatic carbocycles. The van der Waals surface area contributed by atoms with Crippen molar-refractivity contribution >= 4 is 17.4 Å². The Morgan fingerprint density at radius 1 is 1.06 bits per heavy atom. The van der Waals surface area contributed by atoms with Gasteiger partial charge in [-0.3, -0.25) is 14.5 Å². The maximum Gasteiger partial charge on any atom is 0.295 e. The number of likely N-dealkylation sites (tertiary alicyclic amines) is 1. The number of aliphatic hydroxyl groups excluding tert-OH is 1. The van der Waals surface area contributed by atoms with E-state index in [1.165, 1.54) is 0 Å². The standard InChI is InChI=1S/C28H34N2O5/c1-4-15-35-22-9-10-23(20(3)18-22)26(31)24-25(21-7-5-19(2)6-8-21)30(28(33)27(24)32)12-11-29-13-16-34-17-14-29/h5-10,18,25,31H,4,11-17H2,1-3H3/t25-/m0/s1. The van der Waals surface area contributed by atoms with Gasteiger partial charge in [0.1, 0.15) is 11.5 Å². The van der Waals surface area contributed by atoms with Crippen molar-refractivity contribution in [1.29, 1.82) is 0 Å². The molecule has 35 heavy (non-hydrogen) atoms. The van der Waals surface area contributed by atoms with Crippen molar-refractivity contribution in [3.8, 4) is 5.75 Å². The van der Waals surface area contributed by atoms with Gasteiger partial charge in [-0.05, 0) is 49.6 Å². The van der Waals surface area contributed by atoms with Crippen LogP contribution in [0.5, 0.6) is 5.75 Å². The van der Waals surface area contributed by atoms with Crippen molar-refractivity contribution in [3.63, 3.8) is 0 Å². The van der Waals surface area contributed by atoms with Crippen LogP contribution < -0.4 is 4.74 Å². The van der Waals surface area contributed by atoms with E-state index in [2.05, 4.69) is 4.90 Å². The lowest BCUT2D eigenvalue weighted by atomic mass is 9.93. The maximum absolute atomic E-state index is 13.3. The number of ketones is 1.